The van der Waals surface area contributed by atoms with Crippen molar-refractivity contribution in [1.29, 1.82) is 0 Å². The Kier molecular flexibility index (Phi) is 6.13. The zero-order valence-electron chi connectivity index (χ0n) is 11.9. The van der Waals surface area contributed by atoms with Crippen LogP contribution in [0.5, 0.6) is 0 Å². The van der Waals surface area contributed by atoms with Gasteiger partial charge in [0.05, 0.1) is 0 Å². The average molecular weight is 244 g/mol. The quantitative estimate of drug-likeness (QED) is 0.642. The molecule has 0 amide bonds. The van der Waals surface area contributed by atoms with E-state index in [2.05, 4.69) is 32.7 Å². The van der Waals surface area contributed by atoms with Crippen molar-refractivity contribution in [3.63, 3.8) is 0 Å². The summed E-state index contributed by atoms with van der Waals surface area (Å²) in [5.74, 6) is -0.917. The molecule has 0 bridgehead atoms. The highest BCUT2D eigenvalue weighted by atomic mass is 16.4. The van der Waals surface area contributed by atoms with E-state index in [0.29, 0.717) is 6.42 Å². The summed E-state index contributed by atoms with van der Waals surface area (Å²) in [6.07, 6.45) is 3.47. The van der Waals surface area contributed by atoms with Crippen LogP contribution in [0, 0.1) is 0 Å². The largest absolute Gasteiger partial charge is 0.480 e. The second-order valence-electron chi connectivity index (χ2n) is 5.77. The van der Waals surface area contributed by atoms with Crippen molar-refractivity contribution >= 4 is 5.97 Å². The van der Waals surface area contributed by atoms with E-state index in [1.165, 1.54) is 0 Å². The second-order valence-corrected chi connectivity index (χ2v) is 5.77. The van der Waals surface area contributed by atoms with Crippen LogP contribution < -0.4 is 5.73 Å². The van der Waals surface area contributed by atoms with Gasteiger partial charge in [0.15, 0.2) is 0 Å². The molecule has 0 aliphatic heterocycles. The van der Waals surface area contributed by atoms with Crippen LogP contribution in [-0.4, -0.2) is 40.6 Å². The summed E-state index contributed by atoms with van der Waals surface area (Å²) in [6, 6.07) is 0. The van der Waals surface area contributed by atoms with Gasteiger partial charge in [-0.3, -0.25) is 4.79 Å². The Balaban J connectivity index is 3.91. The van der Waals surface area contributed by atoms with Crippen molar-refractivity contribution in [3.05, 3.63) is 0 Å². The molecule has 17 heavy (non-hydrogen) atoms. The van der Waals surface area contributed by atoms with Gasteiger partial charge in [0, 0.05) is 5.54 Å². The molecular weight excluding hydrogens is 216 g/mol. The maximum absolute atomic E-state index is 10.8. The van der Waals surface area contributed by atoms with Gasteiger partial charge in [0.25, 0.3) is 0 Å². The molecule has 0 aliphatic rings. The highest BCUT2D eigenvalue weighted by Gasteiger charge is 2.27. The lowest BCUT2D eigenvalue weighted by Gasteiger charge is -2.35. The first-order chi connectivity index (χ1) is 7.63. The second kappa shape index (κ2) is 6.36. The van der Waals surface area contributed by atoms with Gasteiger partial charge in [-0.1, -0.05) is 6.92 Å². The fraction of sp³-hybridized carbons (Fsp3) is 0.923. The minimum absolute atomic E-state index is 0.207. The molecule has 0 fully saturated rings. The molecule has 0 saturated carbocycles. The SMILES string of the molecule is CCC(C)(C)N(C)CCCCC(C)(N)C(=O)O. The number of aliphatic carboxylic acids is 1. The van der Waals surface area contributed by atoms with Crippen molar-refractivity contribution < 1.29 is 9.90 Å². The number of carbonyl (C=O) groups is 1. The Labute approximate surface area is 105 Å². The van der Waals surface area contributed by atoms with Crippen LogP contribution in [0.15, 0.2) is 0 Å². The molecule has 0 aliphatic carbocycles. The number of rotatable bonds is 8. The van der Waals surface area contributed by atoms with Gasteiger partial charge in [-0.25, -0.2) is 0 Å². The van der Waals surface area contributed by atoms with E-state index in [1.807, 2.05) is 0 Å². The third-order valence-electron chi connectivity index (χ3n) is 3.83. The van der Waals surface area contributed by atoms with Crippen LogP contribution >= 0.6 is 0 Å². The van der Waals surface area contributed by atoms with Crippen LogP contribution in [-0.2, 0) is 4.79 Å². The third kappa shape index (κ3) is 5.50. The van der Waals surface area contributed by atoms with Gasteiger partial charge in [0.1, 0.15) is 5.54 Å². The molecule has 0 radical (unpaired) electrons. The summed E-state index contributed by atoms with van der Waals surface area (Å²) in [7, 11) is 2.11. The number of hydrogen-bond acceptors (Lipinski definition) is 3. The van der Waals surface area contributed by atoms with Crippen molar-refractivity contribution in [2.75, 3.05) is 13.6 Å². The van der Waals surface area contributed by atoms with Gasteiger partial charge < -0.3 is 15.7 Å². The van der Waals surface area contributed by atoms with E-state index in [1.54, 1.807) is 6.92 Å². The average Bonchev–Trinajstić information content (AvgIpc) is 2.23. The molecule has 102 valence electrons. The van der Waals surface area contributed by atoms with Crippen LogP contribution in [0.2, 0.25) is 0 Å². The number of carboxylic acids is 1. The van der Waals surface area contributed by atoms with Gasteiger partial charge in [-0.15, -0.1) is 0 Å². The number of hydrogen-bond donors (Lipinski definition) is 2. The lowest BCUT2D eigenvalue weighted by atomic mass is 9.95. The molecule has 4 heteroatoms. The molecule has 0 spiro atoms. The van der Waals surface area contributed by atoms with E-state index in [9.17, 15) is 4.79 Å². The van der Waals surface area contributed by atoms with Crippen LogP contribution in [0.25, 0.3) is 0 Å². The minimum Gasteiger partial charge on any atom is -0.480 e. The number of nitrogens with zero attached hydrogens (tertiary/aromatic N) is 1. The summed E-state index contributed by atoms with van der Waals surface area (Å²) >= 11 is 0. The van der Waals surface area contributed by atoms with E-state index in [0.717, 1.165) is 25.8 Å². The Morgan fingerprint density at radius 3 is 2.24 bits per heavy atom. The normalized spacial score (nSPS) is 15.9. The standard InChI is InChI=1S/C13H28N2O2/c1-6-12(2,3)15(5)10-8-7-9-13(4,14)11(16)17/h6-10,14H2,1-5H3,(H,16,17). The van der Waals surface area contributed by atoms with E-state index in [-0.39, 0.29) is 5.54 Å². The zero-order chi connectivity index (χ0) is 13.7. The van der Waals surface area contributed by atoms with E-state index < -0.39 is 11.5 Å². The number of carboxylic acid groups (broad SMARTS) is 1. The van der Waals surface area contributed by atoms with Gasteiger partial charge in [0.2, 0.25) is 0 Å². The molecule has 0 rings (SSSR count). The molecule has 0 saturated heterocycles. The first-order valence-electron chi connectivity index (χ1n) is 6.37. The maximum Gasteiger partial charge on any atom is 0.323 e. The Morgan fingerprint density at radius 1 is 1.29 bits per heavy atom. The number of unbranched alkanes of at least 4 members (excludes halogenated alkanes) is 1. The maximum atomic E-state index is 10.8. The Morgan fingerprint density at radius 2 is 1.82 bits per heavy atom. The van der Waals surface area contributed by atoms with Crippen molar-refractivity contribution in [2.45, 2.75) is 64.5 Å². The van der Waals surface area contributed by atoms with Gasteiger partial charge in [-0.05, 0) is 60.0 Å². The number of nitrogens with two attached hydrogens (primary N) is 1. The fourth-order valence-electron chi connectivity index (χ4n) is 1.52. The molecule has 4 nitrogen and oxygen atoms in total. The fourth-order valence-corrected chi connectivity index (χ4v) is 1.52. The van der Waals surface area contributed by atoms with E-state index in [4.69, 9.17) is 10.8 Å². The van der Waals surface area contributed by atoms with Crippen molar-refractivity contribution in [3.8, 4) is 0 Å². The first-order valence-corrected chi connectivity index (χ1v) is 6.37. The molecule has 0 aromatic rings. The van der Waals surface area contributed by atoms with Gasteiger partial charge in [-0.2, -0.15) is 0 Å². The molecule has 1 unspecified atom stereocenters. The molecule has 0 aromatic carbocycles. The predicted molar refractivity (Wildman–Crippen MR) is 71.1 cm³/mol. The predicted octanol–water partition coefficient (Wildman–Crippen LogP) is 2.08. The molecule has 1 atom stereocenters. The summed E-state index contributed by atoms with van der Waals surface area (Å²) < 4.78 is 0. The molecule has 0 heterocycles. The lowest BCUT2D eigenvalue weighted by Crippen LogP contribution is -2.45. The zero-order valence-corrected chi connectivity index (χ0v) is 11.9. The monoisotopic (exact) mass is 244 g/mol. The smallest absolute Gasteiger partial charge is 0.323 e. The highest BCUT2D eigenvalue weighted by Crippen LogP contribution is 2.18. The topological polar surface area (TPSA) is 66.6 Å². The molecule has 0 aromatic heterocycles. The van der Waals surface area contributed by atoms with Gasteiger partial charge >= 0.3 is 5.97 Å². The summed E-state index contributed by atoms with van der Waals surface area (Å²) in [6.45, 7) is 9.18. The summed E-state index contributed by atoms with van der Waals surface area (Å²) in [4.78, 5) is 13.1. The molecule has 3 N–H and O–H groups in total. The van der Waals surface area contributed by atoms with Crippen LogP contribution in [0.4, 0.5) is 0 Å². The Hall–Kier alpha value is -0.610. The van der Waals surface area contributed by atoms with Crippen LogP contribution in [0.3, 0.4) is 0 Å². The lowest BCUT2D eigenvalue weighted by molar-refractivity contribution is -0.142. The molecular formula is C13H28N2O2. The van der Waals surface area contributed by atoms with E-state index >= 15 is 0 Å². The van der Waals surface area contributed by atoms with Crippen molar-refractivity contribution in [2.24, 2.45) is 5.73 Å². The third-order valence-corrected chi connectivity index (χ3v) is 3.83. The minimum atomic E-state index is -1.08. The first kappa shape index (κ1) is 16.4. The van der Waals surface area contributed by atoms with Crippen molar-refractivity contribution in [1.82, 2.24) is 4.90 Å². The van der Waals surface area contributed by atoms with Crippen LogP contribution in [0.1, 0.15) is 53.4 Å². The summed E-state index contributed by atoms with van der Waals surface area (Å²) in [5, 5.41) is 8.88. The summed E-state index contributed by atoms with van der Waals surface area (Å²) in [5.41, 5.74) is 4.80. The Bertz CT molecular complexity index is 250. The highest BCUT2D eigenvalue weighted by molar-refractivity contribution is 5.77.